The Morgan fingerprint density at radius 1 is 1.03 bits per heavy atom. The van der Waals surface area contributed by atoms with Crippen molar-refractivity contribution < 1.29 is 10.1 Å². The average molecular weight is 487 g/mol. The van der Waals surface area contributed by atoms with E-state index in [1.165, 1.54) is 0 Å². The predicted molar refractivity (Wildman–Crippen MR) is 130 cm³/mol. The van der Waals surface area contributed by atoms with E-state index >= 15 is 0 Å². The third-order valence-corrected chi connectivity index (χ3v) is 5.85. The minimum Gasteiger partial charge on any atom is -0.337 e. The van der Waals surface area contributed by atoms with E-state index in [4.69, 9.17) is 10.7 Å². The minimum absolute atomic E-state index is 0.0638. The second kappa shape index (κ2) is 8.55. The largest absolute Gasteiger partial charge is 0.337 e. The number of anilines is 1. The molecule has 0 spiro atoms. The van der Waals surface area contributed by atoms with E-state index in [1.54, 1.807) is 0 Å². The number of quaternary nitrogens is 1. The zero-order chi connectivity index (χ0) is 22.1. The number of hydrogen-bond acceptors (Lipinski definition) is 3. The molecular formula is C25H21BrN5O+. The van der Waals surface area contributed by atoms with E-state index in [2.05, 4.69) is 62.0 Å². The predicted octanol–water partition coefficient (Wildman–Crippen LogP) is 4.00. The van der Waals surface area contributed by atoms with Gasteiger partial charge in [-0.15, -0.1) is 0 Å². The molecule has 1 aliphatic rings. The summed E-state index contributed by atoms with van der Waals surface area (Å²) in [5.74, 6) is 0.560. The van der Waals surface area contributed by atoms with Gasteiger partial charge in [-0.05, 0) is 24.3 Å². The van der Waals surface area contributed by atoms with Crippen molar-refractivity contribution in [1.82, 2.24) is 9.97 Å². The number of halogens is 1. The van der Waals surface area contributed by atoms with E-state index < -0.39 is 0 Å². The fourth-order valence-corrected chi connectivity index (χ4v) is 4.22. The van der Waals surface area contributed by atoms with Gasteiger partial charge >= 0.3 is 0 Å². The Kier molecular flexibility index (Phi) is 5.45. The van der Waals surface area contributed by atoms with Gasteiger partial charge in [-0.2, -0.15) is 0 Å². The molecule has 4 aromatic rings. The maximum atomic E-state index is 11.8. The molecule has 32 heavy (non-hydrogen) atoms. The van der Waals surface area contributed by atoms with Crippen molar-refractivity contribution in [3.8, 4) is 22.5 Å². The molecule has 7 heteroatoms. The van der Waals surface area contributed by atoms with Gasteiger partial charge in [0.1, 0.15) is 17.7 Å². The lowest BCUT2D eigenvalue weighted by atomic mass is 10.0. The van der Waals surface area contributed by atoms with E-state index in [-0.39, 0.29) is 12.5 Å². The average Bonchev–Trinajstić information content (AvgIpc) is 3.44. The molecule has 1 aromatic heterocycles. The number of imidazole rings is 1. The van der Waals surface area contributed by atoms with Gasteiger partial charge < -0.3 is 16.0 Å². The number of aromatic nitrogens is 2. The summed E-state index contributed by atoms with van der Waals surface area (Å²) in [6.07, 6.45) is 2.09. The summed E-state index contributed by atoms with van der Waals surface area (Å²) >= 11 is 3.58. The zero-order valence-electron chi connectivity index (χ0n) is 17.1. The van der Waals surface area contributed by atoms with Gasteiger partial charge in [-0.3, -0.25) is 10.1 Å². The van der Waals surface area contributed by atoms with Crippen LogP contribution in [0.3, 0.4) is 0 Å². The molecule has 0 fully saturated rings. The molecule has 1 aliphatic heterocycles. The van der Waals surface area contributed by atoms with Crippen LogP contribution in [-0.4, -0.2) is 22.4 Å². The number of carbonyl (C=O) groups excluding carboxylic acids is 1. The van der Waals surface area contributed by atoms with E-state index in [9.17, 15) is 4.79 Å². The summed E-state index contributed by atoms with van der Waals surface area (Å²) < 4.78 is 1.02. The fraction of sp³-hybridized carbons (Fsp3) is 0.0400. The summed E-state index contributed by atoms with van der Waals surface area (Å²) in [5.41, 5.74) is 13.1. The molecule has 1 amide bonds. The first-order valence-electron chi connectivity index (χ1n) is 10.2. The number of nitrogens with zero attached hydrogens (tertiary/aromatic N) is 1. The molecule has 0 saturated carbocycles. The van der Waals surface area contributed by atoms with Crippen LogP contribution in [0.15, 0.2) is 83.5 Å². The first kappa shape index (κ1) is 20.4. The second-order valence-corrected chi connectivity index (χ2v) is 8.40. The molecule has 0 radical (unpaired) electrons. The maximum Gasteiger partial charge on any atom is 0.238 e. The molecule has 0 aliphatic carbocycles. The molecule has 6 N–H and O–H groups in total. The molecule has 5 rings (SSSR count). The Bertz CT molecular complexity index is 1340. The van der Waals surface area contributed by atoms with Crippen LogP contribution in [-0.2, 0) is 4.79 Å². The number of rotatable bonds is 5. The molecule has 0 unspecified atom stereocenters. The van der Waals surface area contributed by atoms with Gasteiger partial charge in [0.25, 0.3) is 0 Å². The van der Waals surface area contributed by atoms with Gasteiger partial charge in [0.05, 0.1) is 29.1 Å². The van der Waals surface area contributed by atoms with E-state index in [1.807, 2.05) is 48.5 Å². The van der Waals surface area contributed by atoms with Crippen molar-refractivity contribution in [2.24, 2.45) is 5.73 Å². The van der Waals surface area contributed by atoms with Crippen LogP contribution in [0, 0.1) is 0 Å². The van der Waals surface area contributed by atoms with Crippen LogP contribution in [0.1, 0.15) is 11.4 Å². The van der Waals surface area contributed by atoms with Crippen LogP contribution < -0.4 is 16.4 Å². The Hall–Kier alpha value is -3.52. The van der Waals surface area contributed by atoms with Crippen molar-refractivity contribution >= 4 is 38.8 Å². The molecular weight excluding hydrogens is 466 g/mol. The Morgan fingerprint density at radius 3 is 2.66 bits per heavy atom. The second-order valence-electron chi connectivity index (χ2n) is 7.49. The maximum absolute atomic E-state index is 11.8. The fourth-order valence-electron chi connectivity index (χ4n) is 3.86. The molecule has 0 saturated heterocycles. The minimum atomic E-state index is -0.234. The summed E-state index contributed by atoms with van der Waals surface area (Å²) in [6.45, 7) is -0.0638. The van der Waals surface area contributed by atoms with Crippen LogP contribution >= 0.6 is 15.9 Å². The number of H-pyrrole nitrogens is 1. The van der Waals surface area contributed by atoms with E-state index in [0.29, 0.717) is 5.69 Å². The number of fused-ring (bicyclic) bond motifs is 1. The summed E-state index contributed by atoms with van der Waals surface area (Å²) in [7, 11) is 0. The van der Waals surface area contributed by atoms with Crippen molar-refractivity contribution in [2.75, 3.05) is 11.9 Å². The number of carbonyl (C=O) groups is 1. The van der Waals surface area contributed by atoms with Gasteiger partial charge in [0.2, 0.25) is 5.91 Å². The number of amides is 1. The van der Waals surface area contributed by atoms with Crippen molar-refractivity contribution in [3.05, 3.63) is 94.9 Å². The lowest BCUT2D eigenvalue weighted by Gasteiger charge is -2.07. The number of benzene rings is 3. The monoisotopic (exact) mass is 486 g/mol. The van der Waals surface area contributed by atoms with Gasteiger partial charge in [0, 0.05) is 27.4 Å². The Labute approximate surface area is 193 Å². The summed E-state index contributed by atoms with van der Waals surface area (Å²) in [4.78, 5) is 20.3. The van der Waals surface area contributed by atoms with Crippen LogP contribution in [0.2, 0.25) is 0 Å². The molecule has 3 aromatic carbocycles. The van der Waals surface area contributed by atoms with Crippen LogP contribution in [0.25, 0.3) is 28.1 Å². The Balaban J connectivity index is 1.63. The summed E-state index contributed by atoms with van der Waals surface area (Å²) in [5, 5.41) is 4.92. The highest BCUT2D eigenvalue weighted by atomic mass is 79.9. The zero-order valence-corrected chi connectivity index (χ0v) is 18.7. The molecule has 0 atom stereocenters. The third kappa shape index (κ3) is 3.89. The third-order valence-electron chi connectivity index (χ3n) is 5.36. The van der Waals surface area contributed by atoms with E-state index in [0.717, 1.165) is 49.6 Å². The van der Waals surface area contributed by atoms with Crippen molar-refractivity contribution in [3.63, 3.8) is 0 Å². The normalized spacial score (nSPS) is 12.4. The smallest absolute Gasteiger partial charge is 0.238 e. The lowest BCUT2D eigenvalue weighted by molar-refractivity contribution is -0.491. The van der Waals surface area contributed by atoms with Crippen LogP contribution in [0.4, 0.5) is 11.4 Å². The highest BCUT2D eigenvalue weighted by molar-refractivity contribution is 9.10. The molecule has 2 heterocycles. The molecule has 158 valence electrons. The molecule has 0 bridgehead atoms. The van der Waals surface area contributed by atoms with Gasteiger partial charge in [-0.1, -0.05) is 58.4 Å². The standard InChI is InChI=1S/C25H20BrN5O/c26-17-9-10-21-19(12-17)20(14-28-21)25-30-23(15-5-2-1-3-6-15)24(31-25)16-7-4-8-18(11-16)29-22(32)13-27/h1-12,14,28H,13,27H2,(H,29,32)(H,30,31)/p+1. The number of hydrogen-bond donors (Lipinski definition) is 4. The quantitative estimate of drug-likeness (QED) is 0.320. The summed E-state index contributed by atoms with van der Waals surface area (Å²) in [6, 6.07) is 24.0. The SMILES string of the molecule is NCC(=O)Nc1cccc(-c2nc(C3=C[NH2+]c4ccc(Br)cc43)[nH]c2-c2ccccc2)c1. The Morgan fingerprint density at radius 2 is 1.84 bits per heavy atom. The topological polar surface area (TPSA) is 100 Å². The van der Waals surface area contributed by atoms with Crippen molar-refractivity contribution in [1.29, 1.82) is 0 Å². The highest BCUT2D eigenvalue weighted by Crippen LogP contribution is 2.36. The number of nitrogens with one attached hydrogen (secondary N) is 2. The lowest BCUT2D eigenvalue weighted by Crippen LogP contribution is -2.69. The van der Waals surface area contributed by atoms with Crippen molar-refractivity contribution in [2.45, 2.75) is 0 Å². The number of aromatic amines is 1. The first-order chi connectivity index (χ1) is 15.6. The first-order valence-corrected chi connectivity index (χ1v) is 11.0. The van der Waals surface area contributed by atoms with Gasteiger partial charge in [-0.25, -0.2) is 4.98 Å². The number of nitrogens with two attached hydrogens (primary N) is 2. The molecule has 6 nitrogen and oxygen atoms in total. The van der Waals surface area contributed by atoms with Gasteiger partial charge in [0.15, 0.2) is 0 Å². The van der Waals surface area contributed by atoms with Crippen LogP contribution in [0.5, 0.6) is 0 Å². The highest BCUT2D eigenvalue weighted by Gasteiger charge is 2.25.